The Balaban J connectivity index is 3.05. The number of aromatic nitrogens is 2. The van der Waals surface area contributed by atoms with Crippen LogP contribution in [0.3, 0.4) is 0 Å². The molecule has 1 rings (SSSR count). The highest BCUT2D eigenvalue weighted by Gasteiger charge is 2.42. The molecule has 0 saturated carbocycles. The Labute approximate surface area is 128 Å². The molecule has 7 heteroatoms. The van der Waals surface area contributed by atoms with E-state index >= 15 is 0 Å². The van der Waals surface area contributed by atoms with Crippen LogP contribution in [0, 0.1) is 17.9 Å². The molecule has 0 bridgehead atoms. The molecule has 22 heavy (non-hydrogen) atoms. The number of aryl methyl sites for hydroxylation is 1. The normalized spacial score (nSPS) is 15.0. The first-order chi connectivity index (χ1) is 9.92. The minimum absolute atomic E-state index is 0.0668. The lowest BCUT2D eigenvalue weighted by Crippen LogP contribution is -2.29. The number of halogens is 3. The fourth-order valence-corrected chi connectivity index (χ4v) is 1.99. The zero-order chi connectivity index (χ0) is 17.2. The fraction of sp³-hybridized carbons (Fsp3) is 0.667. The molecular formula is C15H19F3N4. The lowest BCUT2D eigenvalue weighted by Gasteiger charge is -2.15. The van der Waals surface area contributed by atoms with E-state index in [0.717, 1.165) is 5.69 Å². The van der Waals surface area contributed by atoms with Gasteiger partial charge < -0.3 is 0 Å². The predicted molar refractivity (Wildman–Crippen MR) is 75.8 cm³/mol. The summed E-state index contributed by atoms with van der Waals surface area (Å²) in [5, 5.41) is 13.6. The van der Waals surface area contributed by atoms with Gasteiger partial charge in [-0.1, -0.05) is 20.8 Å². The zero-order valence-electron chi connectivity index (χ0n) is 13.1. The van der Waals surface area contributed by atoms with Gasteiger partial charge in [-0.05, 0) is 6.07 Å². The molecule has 0 fully saturated rings. The zero-order valence-corrected chi connectivity index (χ0v) is 13.1. The van der Waals surface area contributed by atoms with Gasteiger partial charge in [0.05, 0.1) is 18.5 Å². The largest absolute Gasteiger partial charge is 0.389 e. The van der Waals surface area contributed by atoms with Crippen molar-refractivity contribution in [3.05, 3.63) is 28.9 Å². The van der Waals surface area contributed by atoms with Gasteiger partial charge >= 0.3 is 11.7 Å². The van der Waals surface area contributed by atoms with Crippen molar-refractivity contribution in [1.82, 2.24) is 9.78 Å². The number of nitrogens with zero attached hydrogens (tertiary/aromatic N) is 4. The summed E-state index contributed by atoms with van der Waals surface area (Å²) < 4.78 is 38.8. The van der Waals surface area contributed by atoms with E-state index in [1.54, 1.807) is 19.2 Å². The monoisotopic (exact) mass is 312 g/mol. The maximum absolute atomic E-state index is 12.4. The van der Waals surface area contributed by atoms with Crippen LogP contribution in [-0.2, 0) is 18.9 Å². The van der Waals surface area contributed by atoms with Crippen LogP contribution < -0.4 is 0 Å². The summed E-state index contributed by atoms with van der Waals surface area (Å²) in [5.41, 5.74) is -0.560. The van der Waals surface area contributed by atoms with E-state index < -0.39 is 24.6 Å². The van der Waals surface area contributed by atoms with E-state index in [4.69, 9.17) is 6.57 Å². The van der Waals surface area contributed by atoms with Gasteiger partial charge in [-0.25, -0.2) is 6.57 Å². The van der Waals surface area contributed by atoms with Gasteiger partial charge in [0.15, 0.2) is 6.07 Å². The highest BCUT2D eigenvalue weighted by atomic mass is 19.4. The summed E-state index contributed by atoms with van der Waals surface area (Å²) in [7, 11) is 1.67. The van der Waals surface area contributed by atoms with E-state index in [9.17, 15) is 18.4 Å². The predicted octanol–water partition coefficient (Wildman–Crippen LogP) is 3.78. The molecular weight excluding hydrogens is 293 g/mol. The van der Waals surface area contributed by atoms with Crippen LogP contribution in [0.15, 0.2) is 6.07 Å². The van der Waals surface area contributed by atoms with Crippen LogP contribution in [0.1, 0.15) is 45.0 Å². The molecule has 1 heterocycles. The van der Waals surface area contributed by atoms with Crippen molar-refractivity contribution >= 4 is 0 Å². The molecule has 1 aromatic rings. The van der Waals surface area contributed by atoms with Gasteiger partial charge in [-0.2, -0.15) is 23.5 Å². The van der Waals surface area contributed by atoms with E-state index in [-0.39, 0.29) is 11.8 Å². The van der Waals surface area contributed by atoms with Crippen LogP contribution in [0.4, 0.5) is 13.2 Å². The highest BCUT2D eigenvalue weighted by Crippen LogP contribution is 2.31. The SMILES string of the molecule is [C-]#[N+]C(C#N)(CCC(F)(F)F)Cc1cc(C(C)(C)C)nn1C. The molecule has 0 aromatic carbocycles. The molecule has 0 aliphatic carbocycles. The van der Waals surface area contributed by atoms with E-state index in [2.05, 4.69) is 9.94 Å². The second-order valence-corrected chi connectivity index (χ2v) is 6.44. The van der Waals surface area contributed by atoms with E-state index in [0.29, 0.717) is 5.69 Å². The molecule has 0 saturated heterocycles. The number of hydrogen-bond acceptors (Lipinski definition) is 2. The molecule has 4 nitrogen and oxygen atoms in total. The first kappa shape index (κ1) is 18.0. The Morgan fingerprint density at radius 3 is 2.27 bits per heavy atom. The van der Waals surface area contributed by atoms with Crippen LogP contribution in [-0.4, -0.2) is 21.5 Å². The van der Waals surface area contributed by atoms with E-state index in [1.807, 2.05) is 20.8 Å². The standard InChI is InChI=1S/C15H19F3N4/c1-13(2,3)12-8-11(22(5)21-12)9-14(10-19,20-4)6-7-15(16,17)18/h8H,6-7,9H2,1-3,5H3. The maximum Gasteiger partial charge on any atom is 0.389 e. The Morgan fingerprint density at radius 1 is 1.32 bits per heavy atom. The molecule has 0 spiro atoms. The minimum atomic E-state index is -4.38. The first-order valence-corrected chi connectivity index (χ1v) is 6.82. The summed E-state index contributed by atoms with van der Waals surface area (Å²) >= 11 is 0. The smallest absolute Gasteiger partial charge is 0.294 e. The quantitative estimate of drug-likeness (QED) is 0.794. The summed E-state index contributed by atoms with van der Waals surface area (Å²) in [6.45, 7) is 13.1. The van der Waals surface area contributed by atoms with Crippen LogP contribution in [0.25, 0.3) is 4.85 Å². The van der Waals surface area contributed by atoms with Crippen molar-refractivity contribution in [2.75, 3.05) is 0 Å². The minimum Gasteiger partial charge on any atom is -0.294 e. The van der Waals surface area contributed by atoms with Gasteiger partial charge in [-0.3, -0.25) is 9.53 Å². The molecule has 1 aromatic heterocycles. The fourth-order valence-electron chi connectivity index (χ4n) is 1.99. The molecule has 1 atom stereocenters. The van der Waals surface area contributed by atoms with Crippen molar-refractivity contribution in [3.63, 3.8) is 0 Å². The molecule has 0 radical (unpaired) electrons. The third-order valence-corrected chi connectivity index (χ3v) is 3.46. The number of alkyl halides is 3. The number of nitriles is 1. The summed E-state index contributed by atoms with van der Waals surface area (Å²) in [4.78, 5) is 3.20. The average Bonchev–Trinajstić information content (AvgIpc) is 2.75. The Bertz CT molecular complexity index is 595. The Hall–Kier alpha value is -2.02. The van der Waals surface area contributed by atoms with Crippen LogP contribution in [0.2, 0.25) is 0 Å². The highest BCUT2D eigenvalue weighted by molar-refractivity contribution is 5.25. The molecule has 0 amide bonds. The first-order valence-electron chi connectivity index (χ1n) is 6.82. The van der Waals surface area contributed by atoms with Crippen LogP contribution >= 0.6 is 0 Å². The third kappa shape index (κ3) is 4.49. The van der Waals surface area contributed by atoms with Gasteiger partial charge in [0, 0.05) is 24.6 Å². The van der Waals surface area contributed by atoms with Crippen molar-refractivity contribution in [2.24, 2.45) is 7.05 Å². The van der Waals surface area contributed by atoms with E-state index in [1.165, 1.54) is 4.68 Å². The second kappa shape index (κ2) is 6.00. The van der Waals surface area contributed by atoms with Gasteiger partial charge in [0.25, 0.3) is 0 Å². The molecule has 0 aliphatic rings. The van der Waals surface area contributed by atoms with Gasteiger partial charge in [0.2, 0.25) is 0 Å². The Kier molecular flexibility index (Phi) is 4.92. The maximum atomic E-state index is 12.4. The van der Waals surface area contributed by atoms with Gasteiger partial charge in [-0.15, -0.1) is 0 Å². The lowest BCUT2D eigenvalue weighted by molar-refractivity contribution is -0.136. The van der Waals surface area contributed by atoms with Crippen molar-refractivity contribution in [1.29, 1.82) is 5.26 Å². The van der Waals surface area contributed by atoms with Gasteiger partial charge in [0.1, 0.15) is 0 Å². The topological polar surface area (TPSA) is 46.0 Å². The van der Waals surface area contributed by atoms with Crippen molar-refractivity contribution < 1.29 is 13.2 Å². The van der Waals surface area contributed by atoms with Crippen LogP contribution in [0.5, 0.6) is 0 Å². The number of rotatable bonds is 4. The molecule has 120 valence electrons. The third-order valence-electron chi connectivity index (χ3n) is 3.46. The summed E-state index contributed by atoms with van der Waals surface area (Å²) in [5.74, 6) is 0. The van der Waals surface area contributed by atoms with Crippen molar-refractivity contribution in [2.45, 2.75) is 57.2 Å². The molecule has 0 aliphatic heterocycles. The Morgan fingerprint density at radius 2 is 1.91 bits per heavy atom. The lowest BCUT2D eigenvalue weighted by atomic mass is 9.88. The van der Waals surface area contributed by atoms with Crippen molar-refractivity contribution in [3.8, 4) is 6.07 Å². The molecule has 0 N–H and O–H groups in total. The summed E-state index contributed by atoms with van der Waals surface area (Å²) in [6.07, 6.45) is -6.13. The average molecular weight is 312 g/mol. The number of hydrogen-bond donors (Lipinski definition) is 0. The second-order valence-electron chi connectivity index (χ2n) is 6.44. The molecule has 1 unspecified atom stereocenters. The summed E-state index contributed by atoms with van der Waals surface area (Å²) in [6, 6.07) is 3.52.